The molecule has 0 radical (unpaired) electrons. The number of hydrogen-bond donors (Lipinski definition) is 1. The van der Waals surface area contributed by atoms with Gasteiger partial charge in [-0.25, -0.2) is 0 Å². The van der Waals surface area contributed by atoms with E-state index in [1.54, 1.807) is 20.3 Å². The Morgan fingerprint density at radius 1 is 1.29 bits per heavy atom. The highest BCUT2D eigenvalue weighted by Crippen LogP contribution is 2.45. The minimum absolute atomic E-state index is 0.372. The number of aliphatic hydroxyl groups excluding tert-OH is 1. The topological polar surface area (TPSA) is 62.5 Å². The first-order valence-electron chi connectivity index (χ1n) is 5.47. The zero-order chi connectivity index (χ0) is 12.5. The average Bonchev–Trinajstić information content (AvgIpc) is 2.33. The van der Waals surface area contributed by atoms with Gasteiger partial charge < -0.3 is 14.6 Å². The number of aliphatic hydroxyl groups is 1. The van der Waals surface area contributed by atoms with Crippen LogP contribution in [0.4, 0.5) is 0 Å². The summed E-state index contributed by atoms with van der Waals surface area (Å²) in [5, 5.41) is 18.7. The van der Waals surface area contributed by atoms with Gasteiger partial charge in [0.15, 0.2) is 11.5 Å². The van der Waals surface area contributed by atoms with Gasteiger partial charge in [0.2, 0.25) is 0 Å². The van der Waals surface area contributed by atoms with Crippen molar-refractivity contribution in [2.75, 3.05) is 14.2 Å². The van der Waals surface area contributed by atoms with Crippen LogP contribution in [0.1, 0.15) is 18.4 Å². The molecule has 0 saturated heterocycles. The van der Waals surface area contributed by atoms with E-state index in [1.165, 1.54) is 0 Å². The van der Waals surface area contributed by atoms with Crippen molar-refractivity contribution in [2.24, 2.45) is 0 Å². The maximum atomic E-state index is 9.40. The number of nitrogens with zero attached hydrogens (tertiary/aromatic N) is 1. The van der Waals surface area contributed by atoms with Crippen LogP contribution >= 0.6 is 0 Å². The molecule has 1 aliphatic rings. The van der Waals surface area contributed by atoms with E-state index in [1.807, 2.05) is 12.1 Å². The Labute approximate surface area is 100 Å². The third kappa shape index (κ3) is 1.83. The van der Waals surface area contributed by atoms with Gasteiger partial charge in [-0.2, -0.15) is 5.26 Å². The molecule has 4 nitrogen and oxygen atoms in total. The zero-order valence-electron chi connectivity index (χ0n) is 9.93. The molecule has 0 amide bonds. The predicted molar refractivity (Wildman–Crippen MR) is 62.1 cm³/mol. The fourth-order valence-electron chi connectivity index (χ4n) is 2.27. The Morgan fingerprint density at radius 3 is 2.41 bits per heavy atom. The summed E-state index contributed by atoms with van der Waals surface area (Å²) < 4.78 is 10.4. The van der Waals surface area contributed by atoms with Gasteiger partial charge in [0.05, 0.1) is 31.8 Å². The molecular formula is C13H15NO3. The van der Waals surface area contributed by atoms with Crippen LogP contribution in [0, 0.1) is 11.3 Å². The fourth-order valence-corrected chi connectivity index (χ4v) is 2.27. The molecule has 1 saturated carbocycles. The minimum Gasteiger partial charge on any atom is -0.493 e. The SMILES string of the molecule is COc1ccc(C2(C#N)CC(O)C2)cc1OC. The van der Waals surface area contributed by atoms with Crippen molar-refractivity contribution in [2.45, 2.75) is 24.4 Å². The molecule has 0 heterocycles. The molecule has 2 rings (SSSR count). The van der Waals surface area contributed by atoms with Gasteiger partial charge in [0, 0.05) is 0 Å². The highest BCUT2D eigenvalue weighted by molar-refractivity contribution is 5.48. The van der Waals surface area contributed by atoms with Crippen LogP contribution < -0.4 is 9.47 Å². The molecular weight excluding hydrogens is 218 g/mol. The number of methoxy groups -OCH3 is 2. The number of rotatable bonds is 3. The van der Waals surface area contributed by atoms with Gasteiger partial charge in [-0.05, 0) is 30.5 Å². The van der Waals surface area contributed by atoms with E-state index in [0.717, 1.165) is 5.56 Å². The lowest BCUT2D eigenvalue weighted by Crippen LogP contribution is -2.43. The number of ether oxygens (including phenoxy) is 2. The van der Waals surface area contributed by atoms with E-state index in [4.69, 9.17) is 9.47 Å². The molecule has 4 heteroatoms. The maximum absolute atomic E-state index is 9.40. The van der Waals surface area contributed by atoms with Crippen molar-refractivity contribution in [3.05, 3.63) is 23.8 Å². The van der Waals surface area contributed by atoms with Gasteiger partial charge >= 0.3 is 0 Å². The number of benzene rings is 1. The standard InChI is InChI=1S/C13H15NO3/c1-16-11-4-3-9(5-12(11)17-2)13(8-14)6-10(15)7-13/h3-5,10,15H,6-7H2,1-2H3. The molecule has 1 N–H and O–H groups in total. The Kier molecular flexibility index (Phi) is 2.95. The third-order valence-corrected chi connectivity index (χ3v) is 3.32. The Bertz CT molecular complexity index is 458. The summed E-state index contributed by atoms with van der Waals surface area (Å²) in [4.78, 5) is 0. The summed E-state index contributed by atoms with van der Waals surface area (Å²) in [6, 6.07) is 7.75. The second-order valence-corrected chi connectivity index (χ2v) is 4.33. The largest absolute Gasteiger partial charge is 0.493 e. The van der Waals surface area contributed by atoms with Crippen molar-refractivity contribution < 1.29 is 14.6 Å². The van der Waals surface area contributed by atoms with Crippen molar-refractivity contribution in [1.29, 1.82) is 5.26 Å². The van der Waals surface area contributed by atoms with Gasteiger partial charge in [-0.3, -0.25) is 0 Å². The van der Waals surface area contributed by atoms with E-state index in [-0.39, 0.29) is 6.10 Å². The monoisotopic (exact) mass is 233 g/mol. The third-order valence-electron chi connectivity index (χ3n) is 3.32. The van der Waals surface area contributed by atoms with E-state index < -0.39 is 5.41 Å². The average molecular weight is 233 g/mol. The first-order chi connectivity index (χ1) is 8.15. The molecule has 1 fully saturated rings. The Morgan fingerprint density at radius 2 is 1.94 bits per heavy atom. The van der Waals surface area contributed by atoms with E-state index in [9.17, 15) is 10.4 Å². The summed E-state index contributed by atoms with van der Waals surface area (Å²) in [5.74, 6) is 1.25. The van der Waals surface area contributed by atoms with E-state index in [2.05, 4.69) is 6.07 Å². The number of hydrogen-bond acceptors (Lipinski definition) is 4. The zero-order valence-corrected chi connectivity index (χ0v) is 9.93. The summed E-state index contributed by atoms with van der Waals surface area (Å²) in [7, 11) is 3.14. The van der Waals surface area contributed by atoms with Crippen molar-refractivity contribution in [1.82, 2.24) is 0 Å². The highest BCUT2D eigenvalue weighted by Gasteiger charge is 2.45. The predicted octanol–water partition coefficient (Wildman–Crippen LogP) is 1.62. The minimum atomic E-state index is -0.570. The van der Waals surface area contributed by atoms with Crippen LogP contribution in [0.25, 0.3) is 0 Å². The van der Waals surface area contributed by atoms with Crippen LogP contribution in [0.2, 0.25) is 0 Å². The fraction of sp³-hybridized carbons (Fsp3) is 0.462. The van der Waals surface area contributed by atoms with Gasteiger partial charge in [-0.1, -0.05) is 6.07 Å². The normalized spacial score (nSPS) is 26.8. The van der Waals surface area contributed by atoms with E-state index >= 15 is 0 Å². The maximum Gasteiger partial charge on any atom is 0.161 e. The lowest BCUT2D eigenvalue weighted by molar-refractivity contribution is 0.0446. The molecule has 0 aliphatic heterocycles. The van der Waals surface area contributed by atoms with Gasteiger partial charge in [0.25, 0.3) is 0 Å². The molecule has 0 bridgehead atoms. The molecule has 17 heavy (non-hydrogen) atoms. The van der Waals surface area contributed by atoms with Gasteiger partial charge in [-0.15, -0.1) is 0 Å². The lowest BCUT2D eigenvalue weighted by Gasteiger charge is -2.40. The number of nitriles is 1. The molecule has 1 aromatic rings. The van der Waals surface area contributed by atoms with Crippen LogP contribution in [0.3, 0.4) is 0 Å². The molecule has 0 unspecified atom stereocenters. The first-order valence-corrected chi connectivity index (χ1v) is 5.47. The van der Waals surface area contributed by atoms with Crippen LogP contribution in [-0.4, -0.2) is 25.4 Å². The highest BCUT2D eigenvalue weighted by atomic mass is 16.5. The molecule has 0 aromatic heterocycles. The van der Waals surface area contributed by atoms with Crippen LogP contribution in [0.5, 0.6) is 11.5 Å². The second-order valence-electron chi connectivity index (χ2n) is 4.33. The molecule has 1 aromatic carbocycles. The molecule has 0 spiro atoms. The summed E-state index contributed by atoms with van der Waals surface area (Å²) in [6.07, 6.45) is 0.598. The van der Waals surface area contributed by atoms with Crippen LogP contribution in [0.15, 0.2) is 18.2 Å². The Hall–Kier alpha value is -1.73. The molecule has 90 valence electrons. The van der Waals surface area contributed by atoms with Crippen molar-refractivity contribution in [3.8, 4) is 17.6 Å². The van der Waals surface area contributed by atoms with Gasteiger partial charge in [0.1, 0.15) is 0 Å². The first kappa shape index (κ1) is 11.7. The second kappa shape index (κ2) is 4.27. The Balaban J connectivity index is 2.37. The van der Waals surface area contributed by atoms with Crippen molar-refractivity contribution in [3.63, 3.8) is 0 Å². The van der Waals surface area contributed by atoms with Crippen LogP contribution in [-0.2, 0) is 5.41 Å². The molecule has 1 aliphatic carbocycles. The summed E-state index contributed by atoms with van der Waals surface area (Å²) in [5.41, 5.74) is 0.307. The quantitative estimate of drug-likeness (QED) is 0.861. The summed E-state index contributed by atoms with van der Waals surface area (Å²) in [6.45, 7) is 0. The molecule has 0 atom stereocenters. The lowest BCUT2D eigenvalue weighted by atomic mass is 9.64. The van der Waals surface area contributed by atoms with Crippen molar-refractivity contribution >= 4 is 0 Å². The van der Waals surface area contributed by atoms with E-state index in [0.29, 0.717) is 24.3 Å². The summed E-state index contributed by atoms with van der Waals surface area (Å²) >= 11 is 0. The smallest absolute Gasteiger partial charge is 0.161 e.